The number of alkyl halides is 2. The van der Waals surface area contributed by atoms with Crippen molar-refractivity contribution in [3.8, 4) is 11.3 Å². The van der Waals surface area contributed by atoms with Crippen molar-refractivity contribution in [1.29, 1.82) is 0 Å². The maximum absolute atomic E-state index is 14.3. The number of H-pyrrole nitrogens is 1. The fourth-order valence-electron chi connectivity index (χ4n) is 11.6. The van der Waals surface area contributed by atoms with Crippen molar-refractivity contribution in [3.63, 3.8) is 0 Å². The van der Waals surface area contributed by atoms with E-state index in [9.17, 15) is 22.8 Å². The van der Waals surface area contributed by atoms with Crippen LogP contribution in [0.15, 0.2) is 36.4 Å². The topological polar surface area (TPSA) is 92.4 Å². The lowest BCUT2D eigenvalue weighted by Crippen LogP contribution is -2.55. The summed E-state index contributed by atoms with van der Waals surface area (Å²) in [7, 11) is 0. The number of aromatic amines is 1. The van der Waals surface area contributed by atoms with Gasteiger partial charge in [-0.25, -0.2) is 13.2 Å². The van der Waals surface area contributed by atoms with Crippen LogP contribution in [0.5, 0.6) is 0 Å². The molecule has 3 N–H and O–H groups in total. The maximum atomic E-state index is 14.3. The third-order valence-electron chi connectivity index (χ3n) is 14.4. The summed E-state index contributed by atoms with van der Waals surface area (Å²) in [5, 5.41) is 6.60. The number of rotatable bonds is 11. The van der Waals surface area contributed by atoms with Gasteiger partial charge in [-0.15, -0.1) is 0 Å². The Morgan fingerprint density at radius 3 is 2.58 bits per heavy atom. The van der Waals surface area contributed by atoms with Crippen molar-refractivity contribution in [2.75, 3.05) is 26.4 Å². The standard InChI is InChI=1S/C43H54F3N3O4/c1-41-16-17-43(45,46)24-28(41)8-9-30-33-10-11-36(42(33,2)15-12-34(30)41)53-20-3-19-52-21-14-37(50)48-25-26-4-6-27(7-5-26)39-31-13-18-47-40(51)32-22-29(44)23-35(49-39)38(31)32/h4-7,22-23,28,30,33-34,36,49H,3,8-21,24-25H2,1-2H3,(H,47,51)(H,48,50)/t28-,30-,33-,34-,36-,41?,42-/m0/s1. The molecular weight excluding hydrogens is 679 g/mol. The van der Waals surface area contributed by atoms with Gasteiger partial charge in [0, 0.05) is 62.2 Å². The number of carbonyl (C=O) groups is 2. The molecule has 2 heterocycles. The van der Waals surface area contributed by atoms with Crippen LogP contribution in [0, 0.1) is 40.3 Å². The van der Waals surface area contributed by atoms with Crippen molar-refractivity contribution < 1.29 is 32.2 Å². The minimum Gasteiger partial charge on any atom is -0.381 e. The zero-order chi connectivity index (χ0) is 37.0. The second-order valence-corrected chi connectivity index (χ2v) is 17.2. The lowest BCUT2D eigenvalue weighted by Gasteiger charge is -2.61. The molecule has 1 unspecified atom stereocenters. The molecule has 4 saturated carbocycles. The Hall–Kier alpha value is -3.37. The van der Waals surface area contributed by atoms with Crippen molar-refractivity contribution in [2.45, 2.75) is 109 Å². The first kappa shape index (κ1) is 36.6. The number of aromatic nitrogens is 1. The zero-order valence-corrected chi connectivity index (χ0v) is 31.1. The zero-order valence-electron chi connectivity index (χ0n) is 31.1. The van der Waals surface area contributed by atoms with E-state index >= 15 is 0 Å². The Kier molecular flexibility index (Phi) is 9.92. The van der Waals surface area contributed by atoms with Gasteiger partial charge in [0.15, 0.2) is 0 Å². The van der Waals surface area contributed by atoms with E-state index in [2.05, 4.69) is 29.5 Å². The van der Waals surface area contributed by atoms with Crippen LogP contribution in [-0.2, 0) is 27.2 Å². The van der Waals surface area contributed by atoms with Gasteiger partial charge < -0.3 is 25.1 Å². The van der Waals surface area contributed by atoms with E-state index in [1.807, 2.05) is 24.3 Å². The molecule has 0 bridgehead atoms. The third kappa shape index (κ3) is 6.92. The number of carbonyl (C=O) groups excluding carboxylic acids is 2. The summed E-state index contributed by atoms with van der Waals surface area (Å²) in [6, 6.07) is 10.6. The molecule has 1 aromatic heterocycles. The minimum absolute atomic E-state index is 0.0597. The van der Waals surface area contributed by atoms with E-state index < -0.39 is 11.7 Å². The summed E-state index contributed by atoms with van der Waals surface area (Å²) in [6.45, 7) is 7.20. The van der Waals surface area contributed by atoms with Gasteiger partial charge in [0.1, 0.15) is 5.82 Å². The van der Waals surface area contributed by atoms with E-state index in [1.54, 1.807) is 0 Å². The number of fused-ring (bicyclic) bond motifs is 5. The normalized spacial score (nSPS) is 31.6. The monoisotopic (exact) mass is 733 g/mol. The lowest BCUT2D eigenvalue weighted by atomic mass is 9.45. The van der Waals surface area contributed by atoms with Crippen molar-refractivity contribution in [1.82, 2.24) is 15.6 Å². The molecule has 1 aliphatic heterocycles. The van der Waals surface area contributed by atoms with Crippen LogP contribution in [0.3, 0.4) is 0 Å². The largest absolute Gasteiger partial charge is 0.381 e. The molecule has 7 atom stereocenters. The molecule has 53 heavy (non-hydrogen) atoms. The van der Waals surface area contributed by atoms with Crippen LogP contribution in [0.25, 0.3) is 22.2 Å². The fourth-order valence-corrected chi connectivity index (χ4v) is 11.6. The third-order valence-corrected chi connectivity index (χ3v) is 14.4. The Morgan fingerprint density at radius 1 is 0.943 bits per heavy atom. The minimum atomic E-state index is -2.48. The molecule has 0 radical (unpaired) electrons. The Bertz CT molecular complexity index is 1840. The highest BCUT2D eigenvalue weighted by atomic mass is 19.3. The summed E-state index contributed by atoms with van der Waals surface area (Å²) in [4.78, 5) is 28.4. The first-order valence-electron chi connectivity index (χ1n) is 20.0. The second kappa shape index (κ2) is 14.4. The number of halogens is 3. The number of nitrogens with one attached hydrogen (secondary N) is 3. The van der Waals surface area contributed by atoms with Crippen LogP contribution in [0.2, 0.25) is 0 Å². The molecule has 4 aliphatic carbocycles. The predicted octanol–water partition coefficient (Wildman–Crippen LogP) is 8.74. The SMILES string of the molecule is CC12CCC(F)(F)C[C@@H]1CC[C@@H]1[C@@H]2CC[C@]2(C)[C@@H](OCCCOCCC(=O)NCc3ccc(-c4[nH]c5cc(F)cc6c5c4CCNC6=O)cc3)CC[C@@H]12. The Balaban J connectivity index is 0.747. The highest BCUT2D eigenvalue weighted by Gasteiger charge is 2.62. The first-order chi connectivity index (χ1) is 25.4. The Labute approximate surface area is 310 Å². The van der Waals surface area contributed by atoms with Gasteiger partial charge in [-0.2, -0.15) is 0 Å². The average molecular weight is 734 g/mol. The highest BCUT2D eigenvalue weighted by Crippen LogP contribution is 2.67. The summed E-state index contributed by atoms with van der Waals surface area (Å²) in [5.41, 5.74) is 4.97. The molecule has 2 amide bonds. The lowest BCUT2D eigenvalue weighted by molar-refractivity contribution is -0.169. The molecular formula is C43H54F3N3O4. The number of hydrogen-bond acceptors (Lipinski definition) is 4. The van der Waals surface area contributed by atoms with Crippen molar-refractivity contribution in [2.24, 2.45) is 34.5 Å². The fraction of sp³-hybridized carbons (Fsp3) is 0.628. The van der Waals surface area contributed by atoms with Gasteiger partial charge in [-0.05, 0) is 121 Å². The molecule has 4 fully saturated rings. The van der Waals surface area contributed by atoms with Gasteiger partial charge in [-0.1, -0.05) is 38.1 Å². The average Bonchev–Trinajstić information content (AvgIpc) is 3.61. The second-order valence-electron chi connectivity index (χ2n) is 17.2. The smallest absolute Gasteiger partial charge is 0.252 e. The summed E-state index contributed by atoms with van der Waals surface area (Å²) in [6.07, 6.45) is 9.38. The number of hydrogen-bond donors (Lipinski definition) is 3. The Morgan fingerprint density at radius 2 is 1.75 bits per heavy atom. The molecule has 5 aliphatic rings. The molecule has 2 aromatic carbocycles. The summed E-state index contributed by atoms with van der Waals surface area (Å²) < 4.78 is 55.2. The van der Waals surface area contributed by atoms with Gasteiger partial charge >= 0.3 is 0 Å². The molecule has 0 saturated heterocycles. The summed E-state index contributed by atoms with van der Waals surface area (Å²) in [5.74, 6) is -1.26. The van der Waals surface area contributed by atoms with Crippen molar-refractivity contribution >= 4 is 22.7 Å². The van der Waals surface area contributed by atoms with E-state index in [0.29, 0.717) is 74.6 Å². The van der Waals surface area contributed by atoms with Crippen LogP contribution < -0.4 is 10.6 Å². The van der Waals surface area contributed by atoms with Crippen LogP contribution in [-0.4, -0.2) is 55.2 Å². The van der Waals surface area contributed by atoms with Crippen LogP contribution >= 0.6 is 0 Å². The van der Waals surface area contributed by atoms with E-state index in [1.165, 1.54) is 18.6 Å². The van der Waals surface area contributed by atoms with Crippen molar-refractivity contribution in [3.05, 3.63) is 58.9 Å². The van der Waals surface area contributed by atoms with Gasteiger partial charge in [0.25, 0.3) is 5.91 Å². The number of ether oxygens (including phenoxy) is 2. The van der Waals surface area contributed by atoms with Crippen LogP contribution in [0.4, 0.5) is 13.2 Å². The van der Waals surface area contributed by atoms with Gasteiger partial charge in [-0.3, -0.25) is 9.59 Å². The molecule has 0 spiro atoms. The molecule has 10 heteroatoms. The maximum Gasteiger partial charge on any atom is 0.252 e. The van der Waals surface area contributed by atoms with E-state index in [0.717, 1.165) is 66.3 Å². The quantitative estimate of drug-likeness (QED) is 0.172. The summed E-state index contributed by atoms with van der Waals surface area (Å²) >= 11 is 0. The highest BCUT2D eigenvalue weighted by molar-refractivity contribution is 6.10. The van der Waals surface area contributed by atoms with Gasteiger partial charge in [0.2, 0.25) is 11.8 Å². The van der Waals surface area contributed by atoms with E-state index in [-0.39, 0.29) is 53.9 Å². The molecule has 3 aromatic rings. The van der Waals surface area contributed by atoms with E-state index in [4.69, 9.17) is 9.47 Å². The number of amides is 2. The first-order valence-corrected chi connectivity index (χ1v) is 20.0. The molecule has 7 nitrogen and oxygen atoms in total. The van der Waals surface area contributed by atoms with Crippen LogP contribution in [0.1, 0.15) is 106 Å². The number of benzene rings is 2. The molecule has 286 valence electrons. The van der Waals surface area contributed by atoms with Gasteiger partial charge in [0.05, 0.1) is 18.3 Å². The molecule has 8 rings (SSSR count). The predicted molar refractivity (Wildman–Crippen MR) is 198 cm³/mol.